The van der Waals surface area contributed by atoms with E-state index in [1.807, 2.05) is 30.3 Å². The molecule has 0 saturated carbocycles. The van der Waals surface area contributed by atoms with Gasteiger partial charge in [-0.1, -0.05) is 60.1 Å². The zero-order chi connectivity index (χ0) is 19.4. The molecule has 0 aromatic heterocycles. The molecule has 0 aliphatic heterocycles. The second-order valence-electron chi connectivity index (χ2n) is 5.76. The molecule has 27 heavy (non-hydrogen) atoms. The number of sulfonamides is 1. The predicted octanol–water partition coefficient (Wildman–Crippen LogP) is 3.10. The molecule has 0 heterocycles. The zero-order valence-electron chi connectivity index (χ0n) is 14.1. The zero-order valence-corrected chi connectivity index (χ0v) is 15.7. The highest BCUT2D eigenvalue weighted by Gasteiger charge is 2.26. The van der Waals surface area contributed by atoms with E-state index in [9.17, 15) is 18.3 Å². The number of anilines is 1. The van der Waals surface area contributed by atoms with Gasteiger partial charge in [-0.05, 0) is 35.9 Å². The highest BCUT2D eigenvalue weighted by molar-refractivity contribution is 7.92. The van der Waals surface area contributed by atoms with Crippen LogP contribution in [0.1, 0.15) is 15.9 Å². The first-order chi connectivity index (χ1) is 12.9. The molecular formula is C20H15ClNO4S-. The summed E-state index contributed by atoms with van der Waals surface area (Å²) in [6, 6.07) is 21.3. The lowest BCUT2D eigenvalue weighted by molar-refractivity contribution is -0.255. The van der Waals surface area contributed by atoms with E-state index in [0.717, 1.165) is 11.6 Å². The molecule has 0 fully saturated rings. The van der Waals surface area contributed by atoms with Crippen molar-refractivity contribution in [3.63, 3.8) is 0 Å². The normalized spacial score (nSPS) is 11.1. The molecular weight excluding hydrogens is 386 g/mol. The van der Waals surface area contributed by atoms with Crippen molar-refractivity contribution in [2.75, 3.05) is 4.31 Å². The number of hydrogen-bond donors (Lipinski definition) is 0. The summed E-state index contributed by atoms with van der Waals surface area (Å²) in [6.45, 7) is 0.0937. The van der Waals surface area contributed by atoms with Gasteiger partial charge in [-0.3, -0.25) is 4.31 Å². The molecule has 3 aromatic carbocycles. The van der Waals surface area contributed by atoms with E-state index < -0.39 is 16.0 Å². The van der Waals surface area contributed by atoms with E-state index in [2.05, 4.69) is 0 Å². The third-order valence-electron chi connectivity index (χ3n) is 3.96. The molecule has 5 nitrogen and oxygen atoms in total. The largest absolute Gasteiger partial charge is 0.545 e. The first-order valence-corrected chi connectivity index (χ1v) is 9.84. The van der Waals surface area contributed by atoms with E-state index >= 15 is 0 Å². The number of carbonyl (C=O) groups excluding carboxylic acids is 1. The van der Waals surface area contributed by atoms with Crippen LogP contribution >= 0.6 is 11.6 Å². The number of carboxylic acids is 1. The molecule has 0 saturated heterocycles. The summed E-state index contributed by atoms with van der Waals surface area (Å²) in [5.74, 6) is -1.54. The van der Waals surface area contributed by atoms with Crippen LogP contribution in [0.5, 0.6) is 0 Å². The number of rotatable bonds is 6. The maximum atomic E-state index is 13.3. The standard InChI is InChI=1S/C20H16ClNO4S/c21-19-12-11-17(13-18(19)20(23)24)27(25,26)22(16-9-5-2-6-10-16)14-15-7-3-1-4-8-15/h1-13H,14H2,(H,23,24)/p-1. The van der Waals surface area contributed by atoms with Crippen LogP contribution in [0.4, 0.5) is 5.69 Å². The average Bonchev–Trinajstić information content (AvgIpc) is 2.67. The van der Waals surface area contributed by atoms with Gasteiger partial charge >= 0.3 is 0 Å². The molecule has 0 aliphatic rings. The van der Waals surface area contributed by atoms with Gasteiger partial charge in [-0.15, -0.1) is 0 Å². The van der Waals surface area contributed by atoms with Crippen molar-refractivity contribution in [2.24, 2.45) is 0 Å². The third kappa shape index (κ3) is 4.13. The Morgan fingerprint density at radius 1 is 0.926 bits per heavy atom. The molecule has 0 atom stereocenters. The number of halogens is 1. The fourth-order valence-corrected chi connectivity index (χ4v) is 4.28. The monoisotopic (exact) mass is 400 g/mol. The minimum absolute atomic E-state index is 0.0803. The van der Waals surface area contributed by atoms with Crippen molar-refractivity contribution in [2.45, 2.75) is 11.4 Å². The Bertz CT molecular complexity index is 1050. The van der Waals surface area contributed by atoms with Gasteiger partial charge < -0.3 is 9.90 Å². The molecule has 0 spiro atoms. The van der Waals surface area contributed by atoms with Crippen molar-refractivity contribution in [1.82, 2.24) is 0 Å². The lowest BCUT2D eigenvalue weighted by Crippen LogP contribution is -2.31. The van der Waals surface area contributed by atoms with Crippen molar-refractivity contribution in [1.29, 1.82) is 0 Å². The van der Waals surface area contributed by atoms with Crippen LogP contribution in [0.2, 0.25) is 5.02 Å². The van der Waals surface area contributed by atoms with E-state index in [-0.39, 0.29) is 22.0 Å². The second-order valence-corrected chi connectivity index (χ2v) is 8.03. The molecule has 0 aliphatic carbocycles. The maximum absolute atomic E-state index is 13.3. The van der Waals surface area contributed by atoms with Gasteiger partial charge in [-0.25, -0.2) is 8.42 Å². The first-order valence-electron chi connectivity index (χ1n) is 8.02. The number of carbonyl (C=O) groups is 1. The Morgan fingerprint density at radius 3 is 2.11 bits per heavy atom. The third-order valence-corrected chi connectivity index (χ3v) is 6.06. The topological polar surface area (TPSA) is 77.5 Å². The van der Waals surface area contributed by atoms with Crippen molar-refractivity contribution in [3.05, 3.63) is 95.0 Å². The van der Waals surface area contributed by atoms with Crippen LogP contribution < -0.4 is 9.41 Å². The maximum Gasteiger partial charge on any atom is 0.264 e. The van der Waals surface area contributed by atoms with Crippen LogP contribution in [-0.2, 0) is 16.6 Å². The Labute approximate surface area is 162 Å². The number of benzene rings is 3. The number of carboxylic acid groups (broad SMARTS) is 1. The Morgan fingerprint density at radius 2 is 1.52 bits per heavy atom. The molecule has 3 rings (SSSR count). The molecule has 0 unspecified atom stereocenters. The van der Waals surface area contributed by atoms with Crippen molar-refractivity contribution in [3.8, 4) is 0 Å². The summed E-state index contributed by atoms with van der Waals surface area (Å²) in [7, 11) is -4.04. The summed E-state index contributed by atoms with van der Waals surface area (Å²) in [4.78, 5) is 11.1. The Balaban J connectivity index is 2.10. The second kappa shape index (κ2) is 7.82. The molecule has 0 bridgehead atoms. The first kappa shape index (κ1) is 18.9. The summed E-state index contributed by atoms with van der Waals surface area (Å²) >= 11 is 5.84. The minimum Gasteiger partial charge on any atom is -0.545 e. The predicted molar refractivity (Wildman–Crippen MR) is 102 cm³/mol. The Hall–Kier alpha value is -2.83. The van der Waals surface area contributed by atoms with E-state index in [1.54, 1.807) is 30.3 Å². The summed E-state index contributed by atoms with van der Waals surface area (Å²) in [5, 5.41) is 11.1. The van der Waals surface area contributed by atoms with Gasteiger partial charge in [-0.2, -0.15) is 0 Å². The van der Waals surface area contributed by atoms with Crippen molar-refractivity contribution < 1.29 is 18.3 Å². The fourth-order valence-electron chi connectivity index (χ4n) is 2.61. The molecule has 138 valence electrons. The summed E-state index contributed by atoms with van der Waals surface area (Å²) in [5.41, 5.74) is 0.885. The van der Waals surface area contributed by atoms with Crippen LogP contribution in [-0.4, -0.2) is 14.4 Å². The summed E-state index contributed by atoms with van der Waals surface area (Å²) < 4.78 is 27.8. The molecule has 0 radical (unpaired) electrons. The number of nitrogens with zero attached hydrogens (tertiary/aromatic N) is 1. The molecule has 0 N–H and O–H groups in total. The van der Waals surface area contributed by atoms with E-state index in [4.69, 9.17) is 11.6 Å². The number of aromatic carboxylic acids is 1. The highest BCUT2D eigenvalue weighted by atomic mass is 35.5. The van der Waals surface area contributed by atoms with Gasteiger partial charge in [0.25, 0.3) is 10.0 Å². The summed E-state index contributed by atoms with van der Waals surface area (Å²) in [6.07, 6.45) is 0. The van der Waals surface area contributed by atoms with E-state index in [0.29, 0.717) is 5.69 Å². The lowest BCUT2D eigenvalue weighted by Gasteiger charge is -2.25. The van der Waals surface area contributed by atoms with Gasteiger partial charge in [0.15, 0.2) is 0 Å². The SMILES string of the molecule is O=C([O-])c1cc(S(=O)(=O)N(Cc2ccccc2)c2ccccc2)ccc1Cl. The fraction of sp³-hybridized carbons (Fsp3) is 0.0500. The van der Waals surface area contributed by atoms with Gasteiger partial charge in [0.2, 0.25) is 0 Å². The van der Waals surface area contributed by atoms with Crippen LogP contribution in [0.25, 0.3) is 0 Å². The number of hydrogen-bond acceptors (Lipinski definition) is 4. The van der Waals surface area contributed by atoms with Crippen LogP contribution in [0.15, 0.2) is 83.8 Å². The molecule has 7 heteroatoms. The number of para-hydroxylation sites is 1. The highest BCUT2D eigenvalue weighted by Crippen LogP contribution is 2.28. The van der Waals surface area contributed by atoms with Gasteiger partial charge in [0, 0.05) is 10.6 Å². The Kier molecular flexibility index (Phi) is 5.48. The van der Waals surface area contributed by atoms with Crippen molar-refractivity contribution >= 4 is 33.3 Å². The molecule has 3 aromatic rings. The lowest BCUT2D eigenvalue weighted by atomic mass is 10.2. The van der Waals surface area contributed by atoms with Gasteiger partial charge in [0.1, 0.15) is 0 Å². The van der Waals surface area contributed by atoms with Crippen LogP contribution in [0.3, 0.4) is 0 Å². The average molecular weight is 401 g/mol. The quantitative estimate of drug-likeness (QED) is 0.637. The molecule has 0 amide bonds. The van der Waals surface area contributed by atoms with Gasteiger partial charge in [0.05, 0.1) is 23.1 Å². The minimum atomic E-state index is -4.04. The van der Waals surface area contributed by atoms with Crippen LogP contribution in [0, 0.1) is 0 Å². The van der Waals surface area contributed by atoms with E-state index in [1.165, 1.54) is 16.4 Å². The smallest absolute Gasteiger partial charge is 0.264 e.